The molecule has 2 aromatic carbocycles. The zero-order valence-electron chi connectivity index (χ0n) is 12.5. The highest BCUT2D eigenvalue weighted by Gasteiger charge is 2.35. The van der Waals surface area contributed by atoms with Gasteiger partial charge in [0.15, 0.2) is 0 Å². The number of fused-ring (bicyclic) bond motifs is 1. The first kappa shape index (κ1) is 13.4. The van der Waals surface area contributed by atoms with Crippen LogP contribution in [0.5, 0.6) is 0 Å². The molecule has 0 saturated carbocycles. The van der Waals surface area contributed by atoms with E-state index in [-0.39, 0.29) is 0 Å². The summed E-state index contributed by atoms with van der Waals surface area (Å²) >= 11 is 0. The molecule has 0 N–H and O–H groups in total. The van der Waals surface area contributed by atoms with Gasteiger partial charge in [-0.3, -0.25) is 0 Å². The molecular weight excluding hydrogens is 240 g/mol. The summed E-state index contributed by atoms with van der Waals surface area (Å²) in [4.78, 5) is 0. The summed E-state index contributed by atoms with van der Waals surface area (Å²) in [6.45, 7) is 4.71. The first-order valence-electron chi connectivity index (χ1n) is 7.97. The number of rotatable bonds is 3. The van der Waals surface area contributed by atoms with E-state index in [0.29, 0.717) is 5.92 Å². The molecule has 0 fully saturated rings. The van der Waals surface area contributed by atoms with Gasteiger partial charge in [0.2, 0.25) is 0 Å². The van der Waals surface area contributed by atoms with Crippen molar-refractivity contribution in [3.63, 3.8) is 0 Å². The fourth-order valence-corrected chi connectivity index (χ4v) is 4.06. The van der Waals surface area contributed by atoms with Gasteiger partial charge in [0.1, 0.15) is 0 Å². The molecule has 0 heteroatoms. The van der Waals surface area contributed by atoms with Crippen molar-refractivity contribution in [1.29, 1.82) is 0 Å². The molecule has 0 spiro atoms. The molecule has 0 radical (unpaired) electrons. The van der Waals surface area contributed by atoms with E-state index in [9.17, 15) is 0 Å². The predicted molar refractivity (Wildman–Crippen MR) is 86.0 cm³/mol. The zero-order valence-corrected chi connectivity index (χ0v) is 12.5. The third-order valence-corrected chi connectivity index (χ3v) is 5.06. The van der Waals surface area contributed by atoms with Gasteiger partial charge in [0.25, 0.3) is 0 Å². The lowest BCUT2D eigenvalue weighted by molar-refractivity contribution is 0.262. The normalized spacial score (nSPS) is 25.2. The Kier molecular flexibility index (Phi) is 3.91. The molecule has 0 aliphatic heterocycles. The van der Waals surface area contributed by atoms with Gasteiger partial charge in [0.05, 0.1) is 0 Å². The molecule has 0 nitrogen and oxygen atoms in total. The van der Waals surface area contributed by atoms with Crippen LogP contribution in [-0.4, -0.2) is 0 Å². The van der Waals surface area contributed by atoms with Crippen LogP contribution in [0.25, 0.3) is 0 Å². The van der Waals surface area contributed by atoms with E-state index in [1.165, 1.54) is 24.8 Å². The van der Waals surface area contributed by atoms with Crippen LogP contribution in [0.2, 0.25) is 0 Å². The Hall–Kier alpha value is -1.56. The highest BCUT2D eigenvalue weighted by atomic mass is 14.4. The highest BCUT2D eigenvalue weighted by Crippen LogP contribution is 2.46. The van der Waals surface area contributed by atoms with Gasteiger partial charge in [-0.05, 0) is 34.9 Å². The Morgan fingerprint density at radius 1 is 0.850 bits per heavy atom. The molecule has 3 atom stereocenters. The lowest BCUT2D eigenvalue weighted by Gasteiger charge is -2.39. The van der Waals surface area contributed by atoms with E-state index in [0.717, 1.165) is 11.8 Å². The molecule has 0 heterocycles. The van der Waals surface area contributed by atoms with Crippen molar-refractivity contribution in [2.45, 2.75) is 39.0 Å². The Labute approximate surface area is 122 Å². The SMILES string of the molecule is CCC1Cc2ccccc2C(c2ccccc2)C1CC. The summed E-state index contributed by atoms with van der Waals surface area (Å²) < 4.78 is 0. The van der Waals surface area contributed by atoms with Crippen molar-refractivity contribution in [2.75, 3.05) is 0 Å². The van der Waals surface area contributed by atoms with Crippen molar-refractivity contribution < 1.29 is 0 Å². The number of hydrogen-bond donors (Lipinski definition) is 0. The summed E-state index contributed by atoms with van der Waals surface area (Å²) in [5, 5.41) is 0. The monoisotopic (exact) mass is 264 g/mol. The Morgan fingerprint density at radius 2 is 1.55 bits per heavy atom. The minimum absolute atomic E-state index is 0.580. The smallest absolute Gasteiger partial charge is 0.0123 e. The summed E-state index contributed by atoms with van der Waals surface area (Å²) in [6.07, 6.45) is 3.82. The fraction of sp³-hybridized carbons (Fsp3) is 0.400. The quantitative estimate of drug-likeness (QED) is 0.693. The minimum Gasteiger partial charge on any atom is -0.0651 e. The summed E-state index contributed by atoms with van der Waals surface area (Å²) in [5.74, 6) is 2.17. The lowest BCUT2D eigenvalue weighted by atomic mass is 9.65. The van der Waals surface area contributed by atoms with Gasteiger partial charge >= 0.3 is 0 Å². The van der Waals surface area contributed by atoms with Gasteiger partial charge in [-0.25, -0.2) is 0 Å². The van der Waals surface area contributed by atoms with E-state index in [4.69, 9.17) is 0 Å². The molecular formula is C20H24. The Bertz CT molecular complexity index is 555. The van der Waals surface area contributed by atoms with Gasteiger partial charge in [-0.1, -0.05) is 81.3 Å². The summed E-state index contributed by atoms with van der Waals surface area (Å²) in [5.41, 5.74) is 4.62. The van der Waals surface area contributed by atoms with Gasteiger partial charge in [-0.15, -0.1) is 0 Å². The predicted octanol–water partition coefficient (Wildman–Crippen LogP) is 5.43. The average Bonchev–Trinajstić information content (AvgIpc) is 2.53. The van der Waals surface area contributed by atoms with Gasteiger partial charge in [0, 0.05) is 5.92 Å². The van der Waals surface area contributed by atoms with E-state index < -0.39 is 0 Å². The summed E-state index contributed by atoms with van der Waals surface area (Å²) in [6, 6.07) is 20.2. The molecule has 2 aromatic rings. The third-order valence-electron chi connectivity index (χ3n) is 5.06. The van der Waals surface area contributed by atoms with Crippen molar-refractivity contribution >= 4 is 0 Å². The molecule has 0 amide bonds. The first-order valence-corrected chi connectivity index (χ1v) is 7.97. The second-order valence-electron chi connectivity index (χ2n) is 6.03. The van der Waals surface area contributed by atoms with Crippen LogP contribution in [0, 0.1) is 11.8 Å². The highest BCUT2D eigenvalue weighted by molar-refractivity contribution is 5.41. The van der Waals surface area contributed by atoms with Gasteiger partial charge in [-0.2, -0.15) is 0 Å². The van der Waals surface area contributed by atoms with E-state index in [1.807, 2.05) is 0 Å². The van der Waals surface area contributed by atoms with Crippen LogP contribution in [0.1, 0.15) is 49.3 Å². The molecule has 0 saturated heterocycles. The Morgan fingerprint density at radius 3 is 2.25 bits per heavy atom. The Balaban J connectivity index is 2.12. The maximum absolute atomic E-state index is 2.36. The fourth-order valence-electron chi connectivity index (χ4n) is 4.06. The van der Waals surface area contributed by atoms with Crippen LogP contribution in [0.3, 0.4) is 0 Å². The standard InChI is InChI=1S/C20H24/c1-3-15-14-17-12-8-9-13-19(17)20(18(15)4-2)16-10-6-5-7-11-16/h5-13,15,18,20H,3-4,14H2,1-2H3. The minimum atomic E-state index is 0.580. The van der Waals surface area contributed by atoms with E-state index in [1.54, 1.807) is 11.1 Å². The van der Waals surface area contributed by atoms with Crippen LogP contribution < -0.4 is 0 Å². The molecule has 0 bridgehead atoms. The van der Waals surface area contributed by atoms with E-state index in [2.05, 4.69) is 68.4 Å². The van der Waals surface area contributed by atoms with Crippen LogP contribution in [0.4, 0.5) is 0 Å². The molecule has 20 heavy (non-hydrogen) atoms. The zero-order chi connectivity index (χ0) is 13.9. The second-order valence-corrected chi connectivity index (χ2v) is 6.03. The lowest BCUT2D eigenvalue weighted by Crippen LogP contribution is -2.29. The van der Waals surface area contributed by atoms with Crippen LogP contribution >= 0.6 is 0 Å². The topological polar surface area (TPSA) is 0 Å². The van der Waals surface area contributed by atoms with Crippen LogP contribution in [-0.2, 0) is 6.42 Å². The first-order chi connectivity index (χ1) is 9.85. The van der Waals surface area contributed by atoms with Gasteiger partial charge < -0.3 is 0 Å². The van der Waals surface area contributed by atoms with E-state index >= 15 is 0 Å². The maximum Gasteiger partial charge on any atom is 0.0123 e. The van der Waals surface area contributed by atoms with Crippen molar-refractivity contribution in [2.24, 2.45) is 11.8 Å². The average molecular weight is 264 g/mol. The summed E-state index contributed by atoms with van der Waals surface area (Å²) in [7, 11) is 0. The number of benzene rings is 2. The second kappa shape index (κ2) is 5.83. The van der Waals surface area contributed by atoms with Crippen molar-refractivity contribution in [3.8, 4) is 0 Å². The van der Waals surface area contributed by atoms with Crippen LogP contribution in [0.15, 0.2) is 54.6 Å². The van der Waals surface area contributed by atoms with Crippen molar-refractivity contribution in [3.05, 3.63) is 71.3 Å². The molecule has 1 aliphatic rings. The molecule has 104 valence electrons. The molecule has 1 aliphatic carbocycles. The molecule has 3 rings (SSSR count). The largest absolute Gasteiger partial charge is 0.0651 e. The van der Waals surface area contributed by atoms with Crippen molar-refractivity contribution in [1.82, 2.24) is 0 Å². The number of hydrogen-bond acceptors (Lipinski definition) is 0. The third kappa shape index (κ3) is 2.28. The maximum atomic E-state index is 2.36. The molecule has 3 unspecified atom stereocenters. The molecule has 0 aromatic heterocycles.